The van der Waals surface area contributed by atoms with Crippen molar-refractivity contribution in [1.82, 2.24) is 19.9 Å². The summed E-state index contributed by atoms with van der Waals surface area (Å²) in [6.45, 7) is 4.04. The molecule has 2 aromatic heterocycles. The molecule has 30 heavy (non-hydrogen) atoms. The minimum atomic E-state index is -0.445. The number of nitrogens with zero attached hydrogens (tertiary/aromatic N) is 3. The smallest absolute Gasteiger partial charge is 0.294 e. The van der Waals surface area contributed by atoms with Crippen LogP contribution in [-0.2, 0) is 7.05 Å². The molecule has 1 saturated heterocycles. The van der Waals surface area contributed by atoms with Crippen LogP contribution in [0.2, 0.25) is 0 Å². The van der Waals surface area contributed by atoms with Crippen LogP contribution in [0.3, 0.4) is 0 Å². The fourth-order valence-electron chi connectivity index (χ4n) is 3.46. The minimum Gasteiger partial charge on any atom is -0.490 e. The molecule has 3 heterocycles. The predicted molar refractivity (Wildman–Crippen MR) is 112 cm³/mol. The molecule has 0 unspecified atom stereocenters. The minimum absolute atomic E-state index is 0.0835. The van der Waals surface area contributed by atoms with E-state index in [2.05, 4.69) is 20.6 Å². The summed E-state index contributed by atoms with van der Waals surface area (Å²) in [5.41, 5.74) is 0.142. The Labute approximate surface area is 173 Å². The summed E-state index contributed by atoms with van der Waals surface area (Å²) >= 11 is 0. The van der Waals surface area contributed by atoms with Crippen LogP contribution in [0.4, 0.5) is 10.3 Å². The highest BCUT2D eigenvalue weighted by Gasteiger charge is 2.17. The number of aromatic nitrogens is 3. The van der Waals surface area contributed by atoms with Gasteiger partial charge in [-0.05, 0) is 51.1 Å². The van der Waals surface area contributed by atoms with Crippen molar-refractivity contribution in [1.29, 1.82) is 0 Å². The number of aryl methyl sites for hydroxylation is 1. The number of benzene rings is 1. The Kier molecular flexibility index (Phi) is 5.80. The van der Waals surface area contributed by atoms with Crippen molar-refractivity contribution in [3.8, 4) is 17.2 Å². The number of ether oxygens (including phenoxy) is 2. The molecule has 3 aromatic rings. The highest BCUT2D eigenvalue weighted by molar-refractivity contribution is 5.76. The molecule has 0 bridgehead atoms. The summed E-state index contributed by atoms with van der Waals surface area (Å²) in [5, 5.41) is 7.31. The number of fused-ring (bicyclic) bond motifs is 1. The van der Waals surface area contributed by atoms with E-state index in [4.69, 9.17) is 9.47 Å². The summed E-state index contributed by atoms with van der Waals surface area (Å²) < 4.78 is 26.2. The number of nitrogens with one attached hydrogen (secondary N) is 2. The van der Waals surface area contributed by atoms with Gasteiger partial charge in [0.2, 0.25) is 5.95 Å². The van der Waals surface area contributed by atoms with Crippen LogP contribution in [0.5, 0.6) is 17.2 Å². The average molecular weight is 413 g/mol. The third-order valence-corrected chi connectivity index (χ3v) is 5.01. The molecule has 0 radical (unpaired) electrons. The van der Waals surface area contributed by atoms with Gasteiger partial charge in [-0.15, -0.1) is 0 Å². The lowest BCUT2D eigenvalue weighted by Crippen LogP contribution is -2.35. The Morgan fingerprint density at radius 2 is 2.03 bits per heavy atom. The topological polar surface area (TPSA) is 90.3 Å². The first-order valence-electron chi connectivity index (χ1n) is 9.99. The molecule has 1 aliphatic heterocycles. The van der Waals surface area contributed by atoms with Crippen molar-refractivity contribution in [2.75, 3.05) is 25.0 Å². The first-order valence-corrected chi connectivity index (χ1v) is 9.99. The molecule has 0 amide bonds. The Hall–Kier alpha value is -3.20. The normalized spacial score (nSPS) is 14.6. The predicted octanol–water partition coefficient (Wildman–Crippen LogP) is 2.82. The van der Waals surface area contributed by atoms with Gasteiger partial charge in [-0.1, -0.05) is 0 Å². The molecule has 2 N–H and O–H groups in total. The monoisotopic (exact) mass is 413 g/mol. The first kappa shape index (κ1) is 20.1. The van der Waals surface area contributed by atoms with E-state index in [-0.39, 0.29) is 22.8 Å². The summed E-state index contributed by atoms with van der Waals surface area (Å²) in [5.74, 6) is 0.632. The van der Waals surface area contributed by atoms with Crippen molar-refractivity contribution >= 4 is 17.0 Å². The summed E-state index contributed by atoms with van der Waals surface area (Å²) in [7, 11) is 1.63. The third-order valence-electron chi connectivity index (χ3n) is 5.01. The van der Waals surface area contributed by atoms with Gasteiger partial charge in [-0.25, -0.2) is 9.37 Å². The van der Waals surface area contributed by atoms with Crippen molar-refractivity contribution in [2.24, 2.45) is 7.05 Å². The van der Waals surface area contributed by atoms with Gasteiger partial charge < -0.3 is 20.1 Å². The zero-order chi connectivity index (χ0) is 21.1. The first-order chi connectivity index (χ1) is 14.5. The van der Waals surface area contributed by atoms with Crippen molar-refractivity contribution in [3.05, 3.63) is 46.6 Å². The van der Waals surface area contributed by atoms with Crippen LogP contribution in [0.25, 0.3) is 11.0 Å². The average Bonchev–Trinajstić information content (AvgIpc) is 2.75. The van der Waals surface area contributed by atoms with E-state index in [1.807, 2.05) is 0 Å². The largest absolute Gasteiger partial charge is 0.490 e. The number of pyridine rings is 1. The van der Waals surface area contributed by atoms with E-state index >= 15 is 0 Å². The Bertz CT molecular complexity index is 1110. The van der Waals surface area contributed by atoms with Crippen LogP contribution in [0.1, 0.15) is 19.8 Å². The molecular formula is C21H24FN5O3. The number of hydrogen-bond donors (Lipinski definition) is 2. The molecule has 0 spiro atoms. The number of piperidine rings is 1. The van der Waals surface area contributed by atoms with Crippen molar-refractivity contribution in [3.63, 3.8) is 0 Å². The fraction of sp³-hybridized carbons (Fsp3) is 0.381. The lowest BCUT2D eigenvalue weighted by molar-refractivity contribution is 0.318. The highest BCUT2D eigenvalue weighted by Crippen LogP contribution is 2.32. The van der Waals surface area contributed by atoms with Gasteiger partial charge >= 0.3 is 0 Å². The maximum absolute atomic E-state index is 13.5. The number of halogens is 1. The number of hydrogen-bond acceptors (Lipinski definition) is 7. The second-order valence-electron chi connectivity index (χ2n) is 7.14. The van der Waals surface area contributed by atoms with Crippen LogP contribution in [0, 0.1) is 5.82 Å². The van der Waals surface area contributed by atoms with E-state index in [1.54, 1.807) is 26.2 Å². The third kappa shape index (κ3) is 4.20. The maximum Gasteiger partial charge on any atom is 0.294 e. The SMILES string of the molecule is CCOc1cc(F)ccc1Oc1cc2cnc(NC3CCNCC3)nc2n(C)c1=O. The summed E-state index contributed by atoms with van der Waals surface area (Å²) in [4.78, 5) is 21.8. The molecule has 1 fully saturated rings. The van der Waals surface area contributed by atoms with Crippen molar-refractivity contribution < 1.29 is 13.9 Å². The van der Waals surface area contributed by atoms with Crippen LogP contribution < -0.4 is 25.7 Å². The maximum atomic E-state index is 13.5. The van der Waals surface area contributed by atoms with Gasteiger partial charge in [0.15, 0.2) is 17.2 Å². The van der Waals surface area contributed by atoms with E-state index < -0.39 is 5.82 Å². The lowest BCUT2D eigenvalue weighted by Gasteiger charge is -2.23. The van der Waals surface area contributed by atoms with E-state index in [0.717, 1.165) is 25.9 Å². The quantitative estimate of drug-likeness (QED) is 0.642. The van der Waals surface area contributed by atoms with Gasteiger partial charge in [0, 0.05) is 30.7 Å². The molecule has 9 heteroatoms. The van der Waals surface area contributed by atoms with E-state index in [9.17, 15) is 9.18 Å². The van der Waals surface area contributed by atoms with Crippen LogP contribution in [0.15, 0.2) is 35.3 Å². The molecule has 4 rings (SSSR count). The van der Waals surface area contributed by atoms with E-state index in [0.29, 0.717) is 29.6 Å². The number of rotatable bonds is 6. The van der Waals surface area contributed by atoms with E-state index in [1.165, 1.54) is 22.8 Å². The Balaban J connectivity index is 1.65. The molecule has 0 aliphatic carbocycles. The molecular weight excluding hydrogens is 389 g/mol. The highest BCUT2D eigenvalue weighted by atomic mass is 19.1. The molecule has 0 atom stereocenters. The zero-order valence-corrected chi connectivity index (χ0v) is 16.9. The summed E-state index contributed by atoms with van der Waals surface area (Å²) in [6.07, 6.45) is 3.64. The van der Waals surface area contributed by atoms with Crippen LogP contribution >= 0.6 is 0 Å². The van der Waals surface area contributed by atoms with Gasteiger partial charge in [0.1, 0.15) is 11.5 Å². The molecule has 8 nitrogen and oxygen atoms in total. The lowest BCUT2D eigenvalue weighted by atomic mass is 10.1. The fourth-order valence-corrected chi connectivity index (χ4v) is 3.46. The molecule has 158 valence electrons. The van der Waals surface area contributed by atoms with Gasteiger partial charge in [-0.3, -0.25) is 9.36 Å². The van der Waals surface area contributed by atoms with Gasteiger partial charge in [0.05, 0.1) is 6.61 Å². The molecule has 0 saturated carbocycles. The van der Waals surface area contributed by atoms with Gasteiger partial charge in [-0.2, -0.15) is 4.98 Å². The second-order valence-corrected chi connectivity index (χ2v) is 7.14. The zero-order valence-electron chi connectivity index (χ0n) is 16.9. The van der Waals surface area contributed by atoms with Crippen LogP contribution in [-0.4, -0.2) is 40.3 Å². The molecule has 1 aliphatic rings. The Morgan fingerprint density at radius 1 is 1.23 bits per heavy atom. The van der Waals surface area contributed by atoms with Crippen molar-refractivity contribution in [2.45, 2.75) is 25.8 Å². The second kappa shape index (κ2) is 8.66. The standard InChI is InChI=1S/C21H24FN5O3/c1-3-29-17-11-14(22)4-5-16(17)30-18-10-13-12-24-21(25-15-6-8-23-9-7-15)26-19(13)27(2)20(18)28/h4-5,10-12,15,23H,3,6-9H2,1-2H3,(H,24,25,26). The molecule has 1 aromatic carbocycles. The summed E-state index contributed by atoms with van der Waals surface area (Å²) in [6, 6.07) is 5.81. The Morgan fingerprint density at radius 3 is 2.80 bits per heavy atom. The van der Waals surface area contributed by atoms with Gasteiger partial charge in [0.25, 0.3) is 5.56 Å². The number of anilines is 1.